The van der Waals surface area contributed by atoms with E-state index in [1.54, 1.807) is 22.4 Å². The molecule has 3 N–H and O–H groups in total. The van der Waals surface area contributed by atoms with Crippen LogP contribution in [-0.2, 0) is 16.1 Å². The number of fused-ring (bicyclic) bond motifs is 5. The summed E-state index contributed by atoms with van der Waals surface area (Å²) in [6.45, 7) is 15.9. The number of rotatable bonds is 11. The number of aryl methyl sites for hydroxylation is 1. The molecule has 3 unspecified atom stereocenters. The molecule has 59 heavy (non-hydrogen) atoms. The number of hydrogen-bond donors (Lipinski definition) is 3. The monoisotopic (exact) mass is 822 g/mol. The molecule has 4 atom stereocenters. The Balaban J connectivity index is 1.08. The number of hydrogen-bond acceptors (Lipinski definition) is 9. The number of likely N-dealkylation sites (N-methyl/N-ethyl adjacent to an activating group) is 1. The molecule has 2 aromatic carbocycles. The fourth-order valence-electron chi connectivity index (χ4n) is 8.63. The zero-order valence-corrected chi connectivity index (χ0v) is 36.0. The SMILES string of the molecule is CCCN(Cc1ncc(-c2cc(F)c3c(c2)OC(c2ccc(C)s2)n2c-3cc3cc(C4CN=C([C@@H]5CCCN5C(=O)OC(C)(C)C)N4)ccc32)[nH]1)C(=O)C(NC)C(C)C. The number of halogens is 1. The second-order valence-electron chi connectivity index (χ2n) is 17.2. The van der Waals surface area contributed by atoms with Crippen LogP contribution in [0.3, 0.4) is 0 Å². The highest BCUT2D eigenvalue weighted by atomic mass is 32.1. The summed E-state index contributed by atoms with van der Waals surface area (Å²) in [7, 11) is 1.81. The second kappa shape index (κ2) is 16.1. The minimum Gasteiger partial charge on any atom is -0.464 e. The van der Waals surface area contributed by atoms with E-state index >= 15 is 4.39 Å². The summed E-state index contributed by atoms with van der Waals surface area (Å²) >= 11 is 1.66. The maximum Gasteiger partial charge on any atom is 0.410 e. The van der Waals surface area contributed by atoms with Gasteiger partial charge in [-0.05, 0) is 108 Å². The molecule has 6 heterocycles. The number of carbonyl (C=O) groups is 2. The van der Waals surface area contributed by atoms with Gasteiger partial charge in [0.2, 0.25) is 12.1 Å². The Kier molecular flexibility index (Phi) is 11.1. The maximum absolute atomic E-state index is 16.6. The van der Waals surface area contributed by atoms with Crippen molar-refractivity contribution in [2.45, 2.75) is 104 Å². The van der Waals surface area contributed by atoms with E-state index in [0.29, 0.717) is 54.6 Å². The number of nitrogens with zero attached hydrogens (tertiary/aromatic N) is 5. The van der Waals surface area contributed by atoms with Crippen molar-refractivity contribution in [3.63, 3.8) is 0 Å². The number of aliphatic imine (C=N–C) groups is 1. The Morgan fingerprint density at radius 1 is 1.15 bits per heavy atom. The average Bonchev–Trinajstić information content (AvgIpc) is 4.03. The average molecular weight is 823 g/mol. The molecule has 0 saturated carbocycles. The van der Waals surface area contributed by atoms with Gasteiger partial charge in [-0.25, -0.2) is 14.2 Å². The lowest BCUT2D eigenvalue weighted by Crippen LogP contribution is -2.48. The number of H-pyrrole nitrogens is 1. The van der Waals surface area contributed by atoms with Crippen LogP contribution in [0.4, 0.5) is 9.18 Å². The smallest absolute Gasteiger partial charge is 0.410 e. The van der Waals surface area contributed by atoms with Gasteiger partial charge in [0.25, 0.3) is 0 Å². The third kappa shape index (κ3) is 7.96. The summed E-state index contributed by atoms with van der Waals surface area (Å²) in [6.07, 6.45) is 3.40. The molecule has 8 rings (SSSR count). The topological polar surface area (TPSA) is 129 Å². The second-order valence-corrected chi connectivity index (χ2v) is 18.6. The summed E-state index contributed by atoms with van der Waals surface area (Å²) in [4.78, 5) is 45.1. The van der Waals surface area contributed by atoms with Crippen molar-refractivity contribution in [2.24, 2.45) is 10.9 Å². The zero-order valence-electron chi connectivity index (χ0n) is 35.2. The first-order chi connectivity index (χ1) is 28.2. The minimum atomic E-state index is -0.574. The molecule has 312 valence electrons. The maximum atomic E-state index is 16.6. The number of likely N-dealkylation sites (tertiary alicyclic amines) is 1. The number of aromatic amines is 1. The predicted octanol–water partition coefficient (Wildman–Crippen LogP) is 8.57. The first-order valence-corrected chi connectivity index (χ1v) is 21.6. The van der Waals surface area contributed by atoms with Crippen LogP contribution in [0.5, 0.6) is 5.75 Å². The third-order valence-electron chi connectivity index (χ3n) is 11.3. The Morgan fingerprint density at radius 3 is 2.68 bits per heavy atom. The number of benzene rings is 2. The summed E-state index contributed by atoms with van der Waals surface area (Å²) in [5.74, 6) is 1.64. The fourth-order valence-corrected chi connectivity index (χ4v) is 9.52. The number of thiophene rings is 1. The van der Waals surface area contributed by atoms with E-state index in [0.717, 1.165) is 57.0 Å². The van der Waals surface area contributed by atoms with E-state index < -0.39 is 17.6 Å². The van der Waals surface area contributed by atoms with Crippen molar-refractivity contribution in [3.8, 4) is 28.3 Å². The molecule has 1 fully saturated rings. The molecule has 2 amide bonds. The van der Waals surface area contributed by atoms with Crippen LogP contribution >= 0.6 is 11.3 Å². The zero-order chi connectivity index (χ0) is 41.7. The van der Waals surface area contributed by atoms with E-state index in [1.165, 1.54) is 6.07 Å². The first kappa shape index (κ1) is 40.6. The van der Waals surface area contributed by atoms with Crippen LogP contribution < -0.4 is 15.4 Å². The van der Waals surface area contributed by atoms with E-state index in [4.69, 9.17) is 14.5 Å². The molecular weight excluding hydrogens is 768 g/mol. The lowest BCUT2D eigenvalue weighted by molar-refractivity contribution is -0.135. The van der Waals surface area contributed by atoms with Gasteiger partial charge < -0.3 is 30.0 Å². The molecule has 0 aliphatic carbocycles. The number of ether oxygens (including phenoxy) is 2. The van der Waals surface area contributed by atoms with Gasteiger partial charge in [-0.3, -0.25) is 19.3 Å². The van der Waals surface area contributed by atoms with Crippen LogP contribution in [0.25, 0.3) is 33.4 Å². The van der Waals surface area contributed by atoms with Gasteiger partial charge in [0, 0.05) is 28.9 Å². The number of aromatic nitrogens is 3. The van der Waals surface area contributed by atoms with Gasteiger partial charge in [-0.2, -0.15) is 0 Å². The van der Waals surface area contributed by atoms with E-state index in [1.807, 2.05) is 59.6 Å². The minimum absolute atomic E-state index is 0.0289. The normalized spacial score (nSPS) is 19.3. The molecule has 3 aliphatic heterocycles. The van der Waals surface area contributed by atoms with Gasteiger partial charge >= 0.3 is 6.09 Å². The number of carbonyl (C=O) groups excluding carboxylic acids is 2. The highest BCUT2D eigenvalue weighted by molar-refractivity contribution is 7.12. The molecule has 3 aliphatic rings. The molecular formula is C45H55FN8O4S. The molecule has 3 aromatic heterocycles. The lowest BCUT2D eigenvalue weighted by atomic mass is 10.0. The van der Waals surface area contributed by atoms with Crippen LogP contribution in [0.15, 0.2) is 59.7 Å². The Labute approximate surface area is 349 Å². The summed E-state index contributed by atoms with van der Waals surface area (Å²) in [5, 5.41) is 7.75. The highest BCUT2D eigenvalue weighted by Gasteiger charge is 2.38. The molecule has 1 saturated heterocycles. The Bertz CT molecular complexity index is 2410. The van der Waals surface area contributed by atoms with Gasteiger partial charge in [-0.15, -0.1) is 11.3 Å². The van der Waals surface area contributed by atoms with Crippen LogP contribution in [0, 0.1) is 18.7 Å². The quantitative estimate of drug-likeness (QED) is 0.122. The first-order valence-electron chi connectivity index (χ1n) is 20.8. The van der Waals surface area contributed by atoms with Gasteiger partial charge in [0.15, 0.2) is 0 Å². The van der Waals surface area contributed by atoms with Gasteiger partial charge in [0.1, 0.15) is 28.8 Å². The van der Waals surface area contributed by atoms with E-state index in [9.17, 15) is 9.59 Å². The summed E-state index contributed by atoms with van der Waals surface area (Å²) < 4.78 is 31.2. The summed E-state index contributed by atoms with van der Waals surface area (Å²) in [5.41, 5.74) is 3.79. The van der Waals surface area contributed by atoms with Crippen molar-refractivity contribution in [3.05, 3.63) is 81.7 Å². The Hall–Kier alpha value is -5.21. The summed E-state index contributed by atoms with van der Waals surface area (Å²) in [6, 6.07) is 15.4. The van der Waals surface area contributed by atoms with Crippen LogP contribution in [-0.4, -0.2) is 86.5 Å². The molecule has 0 bridgehead atoms. The number of imidazole rings is 1. The molecule has 0 radical (unpaired) electrons. The third-order valence-corrected chi connectivity index (χ3v) is 12.4. The van der Waals surface area contributed by atoms with Crippen molar-refractivity contribution in [2.75, 3.05) is 26.7 Å². The predicted molar refractivity (Wildman–Crippen MR) is 230 cm³/mol. The number of amidine groups is 1. The van der Waals surface area contributed by atoms with Crippen molar-refractivity contribution < 1.29 is 23.5 Å². The van der Waals surface area contributed by atoms with Crippen LogP contribution in [0.1, 0.15) is 94.2 Å². The molecule has 14 heteroatoms. The van der Waals surface area contributed by atoms with Crippen LogP contribution in [0.2, 0.25) is 0 Å². The largest absolute Gasteiger partial charge is 0.464 e. The number of nitrogens with one attached hydrogen (secondary N) is 3. The van der Waals surface area contributed by atoms with E-state index in [2.05, 4.69) is 68.5 Å². The molecule has 12 nitrogen and oxygen atoms in total. The standard InChI is InChI=1S/C45H55FN8O4S/c1-9-16-52(42(55)40(47-8)25(2)3)24-38-48-22-32(50-38)28-19-30(46)39-35-20-29-18-27(13-14-33(29)54(35)43(57-36(39)21-28)37-15-12-26(4)59-37)31-23-49-41(51-31)34-11-10-17-53(34)44(56)58-45(5,6)7/h12-15,18-22,25,31,34,40,43,47H,9-11,16-17,23-24H2,1-8H3,(H,48,50)(H,49,51)/t31?,34-,40?,43?/m0/s1. The molecule has 0 spiro atoms. The highest BCUT2D eigenvalue weighted by Crippen LogP contribution is 2.48. The molecule has 5 aromatic rings. The lowest BCUT2D eigenvalue weighted by Gasteiger charge is -2.30. The van der Waals surface area contributed by atoms with Crippen molar-refractivity contribution in [1.29, 1.82) is 0 Å². The van der Waals surface area contributed by atoms with Gasteiger partial charge in [-0.1, -0.05) is 26.8 Å². The number of amides is 2. The van der Waals surface area contributed by atoms with Gasteiger partial charge in [0.05, 0.1) is 64.8 Å². The van der Waals surface area contributed by atoms with Crippen molar-refractivity contribution >= 4 is 40.1 Å². The fraction of sp³-hybridized carbons (Fsp3) is 0.467. The van der Waals surface area contributed by atoms with Crippen molar-refractivity contribution in [1.82, 2.24) is 35.0 Å². The van der Waals surface area contributed by atoms with E-state index in [-0.39, 0.29) is 36.0 Å². The Morgan fingerprint density at radius 2 is 1.97 bits per heavy atom.